The lowest BCUT2D eigenvalue weighted by Gasteiger charge is -2.47. The average Bonchev–Trinajstić information content (AvgIpc) is 2.87. The average molecular weight is 309 g/mol. The van der Waals surface area contributed by atoms with Crippen LogP contribution in [0, 0.1) is 11.8 Å². The Kier molecular flexibility index (Phi) is 5.29. The molecule has 22 heavy (non-hydrogen) atoms. The van der Waals surface area contributed by atoms with Gasteiger partial charge in [-0.05, 0) is 18.3 Å². The Balaban J connectivity index is 2.25. The molecule has 0 saturated carbocycles. The lowest BCUT2D eigenvalue weighted by atomic mass is 9.87. The highest BCUT2D eigenvalue weighted by atomic mass is 16.7. The van der Waals surface area contributed by atoms with E-state index in [0.29, 0.717) is 25.5 Å². The number of amides is 1. The van der Waals surface area contributed by atoms with Crippen LogP contribution in [-0.2, 0) is 14.2 Å². The standard InChI is InChI=1S/C17H27NO4/c1-6-13-9-17(21-11-14(22-17)8-12(3)4)15(7-2)18(10-13)16(19)20-5/h6-7,12-15H,1-2,8-11H2,3-5H3. The summed E-state index contributed by atoms with van der Waals surface area (Å²) in [6, 6.07) is -0.353. The predicted octanol–water partition coefficient (Wildman–Crippen LogP) is 2.97. The molecule has 2 rings (SSSR count). The summed E-state index contributed by atoms with van der Waals surface area (Å²) >= 11 is 0. The molecule has 2 saturated heterocycles. The van der Waals surface area contributed by atoms with Crippen molar-refractivity contribution in [2.75, 3.05) is 20.3 Å². The number of hydrogen-bond donors (Lipinski definition) is 0. The smallest absolute Gasteiger partial charge is 0.410 e. The second-order valence-electron chi connectivity index (χ2n) is 6.50. The largest absolute Gasteiger partial charge is 0.453 e. The summed E-state index contributed by atoms with van der Waals surface area (Å²) in [5.74, 6) is -0.207. The van der Waals surface area contributed by atoms with Gasteiger partial charge in [0, 0.05) is 13.0 Å². The van der Waals surface area contributed by atoms with Crippen LogP contribution in [0.3, 0.4) is 0 Å². The third-order valence-electron chi connectivity index (χ3n) is 4.34. The Morgan fingerprint density at radius 2 is 2.18 bits per heavy atom. The van der Waals surface area contributed by atoms with Crippen LogP contribution in [0.2, 0.25) is 0 Å². The molecule has 2 aliphatic rings. The second kappa shape index (κ2) is 6.84. The fraction of sp³-hybridized carbons (Fsp3) is 0.706. The lowest BCUT2D eigenvalue weighted by molar-refractivity contribution is -0.221. The first-order chi connectivity index (χ1) is 10.5. The number of carbonyl (C=O) groups excluding carboxylic acids is 1. The molecule has 124 valence electrons. The van der Waals surface area contributed by atoms with E-state index in [4.69, 9.17) is 14.2 Å². The molecule has 4 unspecified atom stereocenters. The lowest BCUT2D eigenvalue weighted by Crippen LogP contribution is -2.60. The molecule has 5 nitrogen and oxygen atoms in total. The fourth-order valence-electron chi connectivity index (χ4n) is 3.41. The van der Waals surface area contributed by atoms with E-state index in [9.17, 15) is 4.79 Å². The predicted molar refractivity (Wildman–Crippen MR) is 84.4 cm³/mol. The van der Waals surface area contributed by atoms with Gasteiger partial charge in [0.15, 0.2) is 5.79 Å². The molecule has 0 aromatic carbocycles. The SMILES string of the molecule is C=CC1CN(C(=O)OC)C(C=C)C2(C1)OCC(CC(C)C)O2. The maximum absolute atomic E-state index is 12.1. The normalized spacial score (nSPS) is 34.9. The molecule has 2 fully saturated rings. The summed E-state index contributed by atoms with van der Waals surface area (Å²) < 4.78 is 17.2. The zero-order valence-electron chi connectivity index (χ0n) is 13.8. The van der Waals surface area contributed by atoms with Gasteiger partial charge in [-0.1, -0.05) is 26.0 Å². The number of methoxy groups -OCH3 is 1. The van der Waals surface area contributed by atoms with Crippen molar-refractivity contribution in [1.29, 1.82) is 0 Å². The first kappa shape index (κ1) is 17.0. The summed E-state index contributed by atoms with van der Waals surface area (Å²) in [4.78, 5) is 13.7. The van der Waals surface area contributed by atoms with Crippen LogP contribution < -0.4 is 0 Å². The van der Waals surface area contributed by atoms with E-state index >= 15 is 0 Å². The molecule has 0 N–H and O–H groups in total. The molecule has 1 spiro atoms. The molecule has 0 bridgehead atoms. The van der Waals surface area contributed by atoms with Crippen LogP contribution >= 0.6 is 0 Å². The summed E-state index contributed by atoms with van der Waals surface area (Å²) in [6.07, 6.45) is 4.83. The molecule has 0 aromatic rings. The van der Waals surface area contributed by atoms with Crippen molar-refractivity contribution in [2.45, 2.75) is 44.6 Å². The van der Waals surface area contributed by atoms with Crippen molar-refractivity contribution in [3.63, 3.8) is 0 Å². The number of carbonyl (C=O) groups is 1. The quantitative estimate of drug-likeness (QED) is 0.749. The van der Waals surface area contributed by atoms with E-state index in [-0.39, 0.29) is 18.1 Å². The molecule has 1 amide bonds. The van der Waals surface area contributed by atoms with Gasteiger partial charge in [0.2, 0.25) is 0 Å². The fourth-order valence-corrected chi connectivity index (χ4v) is 3.41. The van der Waals surface area contributed by atoms with E-state index in [1.807, 2.05) is 6.08 Å². The molecule has 0 aliphatic carbocycles. The van der Waals surface area contributed by atoms with Crippen LogP contribution in [0.1, 0.15) is 26.7 Å². The number of rotatable bonds is 4. The van der Waals surface area contributed by atoms with Gasteiger partial charge in [0.05, 0.1) is 19.8 Å². The highest BCUT2D eigenvalue weighted by Crippen LogP contribution is 2.42. The van der Waals surface area contributed by atoms with Crippen LogP contribution in [0.25, 0.3) is 0 Å². The maximum atomic E-state index is 12.1. The minimum atomic E-state index is -0.841. The van der Waals surface area contributed by atoms with Crippen molar-refractivity contribution >= 4 is 6.09 Å². The monoisotopic (exact) mass is 309 g/mol. The van der Waals surface area contributed by atoms with Gasteiger partial charge < -0.3 is 14.2 Å². The first-order valence-electron chi connectivity index (χ1n) is 7.87. The highest BCUT2D eigenvalue weighted by molar-refractivity contribution is 5.68. The van der Waals surface area contributed by atoms with Gasteiger partial charge in [0.25, 0.3) is 0 Å². The second-order valence-corrected chi connectivity index (χ2v) is 6.50. The summed E-state index contributed by atoms with van der Waals surface area (Å²) in [7, 11) is 1.38. The molecular formula is C17H27NO4. The third-order valence-corrected chi connectivity index (χ3v) is 4.34. The molecule has 0 radical (unpaired) electrons. The zero-order chi connectivity index (χ0) is 16.3. The maximum Gasteiger partial charge on any atom is 0.410 e. The van der Waals surface area contributed by atoms with Crippen molar-refractivity contribution in [1.82, 2.24) is 4.90 Å². The number of nitrogens with zero attached hydrogens (tertiary/aromatic N) is 1. The Morgan fingerprint density at radius 1 is 1.45 bits per heavy atom. The summed E-state index contributed by atoms with van der Waals surface area (Å²) in [6.45, 7) is 13.1. The van der Waals surface area contributed by atoms with Gasteiger partial charge in [-0.2, -0.15) is 0 Å². The summed E-state index contributed by atoms with van der Waals surface area (Å²) in [5, 5.41) is 0. The minimum Gasteiger partial charge on any atom is -0.453 e. The first-order valence-corrected chi connectivity index (χ1v) is 7.87. The van der Waals surface area contributed by atoms with Crippen molar-refractivity contribution in [3.05, 3.63) is 25.3 Å². The van der Waals surface area contributed by atoms with E-state index in [1.54, 1.807) is 11.0 Å². The Morgan fingerprint density at radius 3 is 2.73 bits per heavy atom. The molecule has 2 heterocycles. The highest BCUT2D eigenvalue weighted by Gasteiger charge is 2.54. The van der Waals surface area contributed by atoms with Crippen LogP contribution in [0.4, 0.5) is 4.79 Å². The van der Waals surface area contributed by atoms with Gasteiger partial charge >= 0.3 is 6.09 Å². The summed E-state index contributed by atoms with van der Waals surface area (Å²) in [5.41, 5.74) is 0. The Hall–Kier alpha value is -1.33. The van der Waals surface area contributed by atoms with Crippen molar-refractivity contribution in [2.24, 2.45) is 11.8 Å². The van der Waals surface area contributed by atoms with E-state index < -0.39 is 11.9 Å². The molecule has 2 aliphatic heterocycles. The molecule has 0 aromatic heterocycles. The Bertz CT molecular complexity index is 436. The molecule has 5 heteroatoms. The number of piperidine rings is 1. The van der Waals surface area contributed by atoms with Gasteiger partial charge in [-0.25, -0.2) is 4.79 Å². The minimum absolute atomic E-state index is 0.0468. The van der Waals surface area contributed by atoms with Gasteiger partial charge in [-0.3, -0.25) is 4.90 Å². The van der Waals surface area contributed by atoms with E-state index in [2.05, 4.69) is 27.0 Å². The Labute approximate surface area is 132 Å². The number of hydrogen-bond acceptors (Lipinski definition) is 4. The zero-order valence-corrected chi connectivity index (χ0v) is 13.8. The third kappa shape index (κ3) is 3.20. The van der Waals surface area contributed by atoms with Crippen LogP contribution in [0.15, 0.2) is 25.3 Å². The number of ether oxygens (including phenoxy) is 3. The topological polar surface area (TPSA) is 48.0 Å². The van der Waals surface area contributed by atoms with E-state index in [0.717, 1.165) is 6.42 Å². The van der Waals surface area contributed by atoms with E-state index in [1.165, 1.54) is 7.11 Å². The number of likely N-dealkylation sites (tertiary alicyclic amines) is 1. The van der Waals surface area contributed by atoms with Crippen molar-refractivity contribution < 1.29 is 19.0 Å². The van der Waals surface area contributed by atoms with Gasteiger partial charge in [-0.15, -0.1) is 13.2 Å². The van der Waals surface area contributed by atoms with Crippen molar-refractivity contribution in [3.8, 4) is 0 Å². The van der Waals surface area contributed by atoms with Gasteiger partial charge in [0.1, 0.15) is 6.04 Å². The molecular weight excluding hydrogens is 282 g/mol. The van der Waals surface area contributed by atoms with Crippen LogP contribution in [0.5, 0.6) is 0 Å². The molecule has 4 atom stereocenters. The van der Waals surface area contributed by atoms with Crippen LogP contribution in [-0.4, -0.2) is 49.2 Å².